The van der Waals surface area contributed by atoms with Crippen LogP contribution in [0.4, 0.5) is 0 Å². The highest BCUT2D eigenvalue weighted by molar-refractivity contribution is 7.11. The molecule has 3 rings (SSSR count). The van der Waals surface area contributed by atoms with Crippen LogP contribution in [0.5, 0.6) is 5.19 Å². The molecule has 2 aromatic heterocycles. The van der Waals surface area contributed by atoms with Crippen molar-refractivity contribution in [3.8, 4) is 16.5 Å². The van der Waals surface area contributed by atoms with Gasteiger partial charge in [0.1, 0.15) is 0 Å². The topological polar surface area (TPSA) is 35.0 Å². The predicted molar refractivity (Wildman–Crippen MR) is 79.2 cm³/mol. The molecular weight excluding hydrogens is 280 g/mol. The molecule has 3 aromatic rings. The van der Waals surface area contributed by atoms with Gasteiger partial charge in [0, 0.05) is 22.5 Å². The van der Waals surface area contributed by atoms with Crippen molar-refractivity contribution in [1.82, 2.24) is 9.97 Å². The summed E-state index contributed by atoms with van der Waals surface area (Å²) in [5, 5.41) is 4.33. The van der Waals surface area contributed by atoms with Crippen molar-refractivity contribution in [3.05, 3.63) is 40.4 Å². The molecule has 0 aliphatic rings. The van der Waals surface area contributed by atoms with E-state index in [1.54, 1.807) is 19.4 Å². The number of hydrogen-bond donors (Lipinski definition) is 0. The largest absolute Gasteiger partial charge is 0.473 e. The molecule has 0 spiro atoms. The minimum absolute atomic E-state index is 0.661. The molecule has 0 amide bonds. The first kappa shape index (κ1) is 12.4. The van der Waals surface area contributed by atoms with Gasteiger partial charge in [-0.15, -0.1) is 0 Å². The Morgan fingerprint density at radius 2 is 2.16 bits per heavy atom. The van der Waals surface area contributed by atoms with Gasteiger partial charge in [-0.25, -0.2) is 4.98 Å². The number of benzene rings is 1. The molecule has 0 atom stereocenters. The number of hydrogen-bond acceptors (Lipinski definition) is 4. The lowest BCUT2D eigenvalue weighted by Crippen LogP contribution is -1.88. The number of aryl methyl sites for hydroxylation is 1. The Morgan fingerprint density at radius 3 is 2.89 bits per heavy atom. The second kappa shape index (κ2) is 4.79. The fraction of sp³-hybridized carbons (Fsp3) is 0.143. The summed E-state index contributed by atoms with van der Waals surface area (Å²) in [6.45, 7) is 2.05. The molecule has 0 aliphatic heterocycles. The van der Waals surface area contributed by atoms with Crippen LogP contribution >= 0.6 is 22.9 Å². The van der Waals surface area contributed by atoms with Crippen LogP contribution in [0, 0.1) is 6.92 Å². The number of halogens is 1. The third-order valence-electron chi connectivity index (χ3n) is 2.97. The van der Waals surface area contributed by atoms with Crippen molar-refractivity contribution in [1.29, 1.82) is 0 Å². The summed E-state index contributed by atoms with van der Waals surface area (Å²) in [5.74, 6) is 0. The molecule has 0 aliphatic carbocycles. The third-order valence-corrected chi connectivity index (χ3v) is 4.10. The Kier molecular flexibility index (Phi) is 3.12. The zero-order valence-corrected chi connectivity index (χ0v) is 12.0. The molecule has 2 heterocycles. The highest BCUT2D eigenvalue weighted by Crippen LogP contribution is 2.32. The molecule has 0 fully saturated rings. The Hall–Kier alpha value is -1.65. The first-order chi connectivity index (χ1) is 9.19. The van der Waals surface area contributed by atoms with E-state index in [1.165, 1.54) is 11.3 Å². The van der Waals surface area contributed by atoms with E-state index in [0.717, 1.165) is 32.7 Å². The second-order valence-corrected chi connectivity index (χ2v) is 5.41. The number of methoxy groups -OCH3 is 1. The highest BCUT2D eigenvalue weighted by Gasteiger charge is 2.10. The zero-order chi connectivity index (χ0) is 13.4. The van der Waals surface area contributed by atoms with E-state index < -0.39 is 0 Å². The lowest BCUT2D eigenvalue weighted by atomic mass is 10.0. The minimum atomic E-state index is 0.661. The van der Waals surface area contributed by atoms with Gasteiger partial charge in [0.25, 0.3) is 5.19 Å². The van der Waals surface area contributed by atoms with Crippen LogP contribution in [-0.2, 0) is 0 Å². The van der Waals surface area contributed by atoms with Gasteiger partial charge in [-0.2, -0.15) is 0 Å². The van der Waals surface area contributed by atoms with E-state index in [4.69, 9.17) is 16.3 Å². The zero-order valence-electron chi connectivity index (χ0n) is 10.5. The lowest BCUT2D eigenvalue weighted by molar-refractivity contribution is 0.412. The summed E-state index contributed by atoms with van der Waals surface area (Å²) in [4.78, 5) is 8.78. The number of fused-ring (bicyclic) bond motifs is 1. The maximum absolute atomic E-state index is 6.18. The van der Waals surface area contributed by atoms with E-state index in [0.29, 0.717) is 5.19 Å². The second-order valence-electron chi connectivity index (χ2n) is 4.18. The molecule has 5 heteroatoms. The summed E-state index contributed by atoms with van der Waals surface area (Å²) in [7, 11) is 1.62. The van der Waals surface area contributed by atoms with Gasteiger partial charge in [-0.3, -0.25) is 4.98 Å². The smallest absolute Gasteiger partial charge is 0.273 e. The van der Waals surface area contributed by atoms with Gasteiger partial charge in [0.2, 0.25) is 0 Å². The van der Waals surface area contributed by atoms with Crippen LogP contribution in [0.2, 0.25) is 5.02 Å². The van der Waals surface area contributed by atoms with Crippen LogP contribution in [0.25, 0.3) is 22.2 Å². The number of thiazole rings is 1. The van der Waals surface area contributed by atoms with Gasteiger partial charge >= 0.3 is 0 Å². The van der Waals surface area contributed by atoms with Gasteiger partial charge in [-0.1, -0.05) is 22.9 Å². The van der Waals surface area contributed by atoms with E-state index in [2.05, 4.69) is 9.97 Å². The molecule has 0 radical (unpaired) electrons. The molecule has 3 nitrogen and oxygen atoms in total. The first-order valence-corrected chi connectivity index (χ1v) is 6.99. The molecule has 0 N–H and O–H groups in total. The van der Waals surface area contributed by atoms with Gasteiger partial charge in [0.05, 0.1) is 23.3 Å². The standard InChI is InChI=1S/C14H11ClN2OS/c1-8-5-10-11(15)3-4-16-12(10)6-9(8)13-7-19-14(17-13)18-2/h3-7H,1-2H3. The van der Waals surface area contributed by atoms with Crippen molar-refractivity contribution in [2.45, 2.75) is 6.92 Å². The monoisotopic (exact) mass is 290 g/mol. The molecule has 1 aromatic carbocycles. The minimum Gasteiger partial charge on any atom is -0.473 e. The number of pyridine rings is 1. The molecule has 0 saturated heterocycles. The SMILES string of the molecule is COc1nc(-c2cc3nccc(Cl)c3cc2C)cs1. The summed E-state index contributed by atoms with van der Waals surface area (Å²) >= 11 is 7.66. The van der Waals surface area contributed by atoms with Crippen LogP contribution in [-0.4, -0.2) is 17.1 Å². The van der Waals surface area contributed by atoms with Crippen LogP contribution < -0.4 is 4.74 Å². The summed E-state index contributed by atoms with van der Waals surface area (Å²) < 4.78 is 5.13. The molecular formula is C14H11ClN2OS. The van der Waals surface area contributed by atoms with Gasteiger partial charge < -0.3 is 4.74 Å². The molecule has 96 valence electrons. The average molecular weight is 291 g/mol. The molecule has 0 saturated carbocycles. The molecule has 0 unspecified atom stereocenters. The van der Waals surface area contributed by atoms with Crippen LogP contribution in [0.1, 0.15) is 5.56 Å². The first-order valence-electron chi connectivity index (χ1n) is 5.74. The maximum atomic E-state index is 6.18. The average Bonchev–Trinajstić information content (AvgIpc) is 2.88. The van der Waals surface area contributed by atoms with Crippen molar-refractivity contribution >= 4 is 33.8 Å². The lowest BCUT2D eigenvalue weighted by Gasteiger charge is -2.06. The predicted octanol–water partition coefficient (Wildman–Crippen LogP) is 4.33. The summed E-state index contributed by atoms with van der Waals surface area (Å²) in [6, 6.07) is 5.87. The van der Waals surface area contributed by atoms with Gasteiger partial charge in [0.15, 0.2) is 0 Å². The number of aromatic nitrogens is 2. The molecule has 0 bridgehead atoms. The Balaban J connectivity index is 2.21. The van der Waals surface area contributed by atoms with E-state index in [1.807, 2.05) is 24.4 Å². The van der Waals surface area contributed by atoms with Crippen molar-refractivity contribution in [3.63, 3.8) is 0 Å². The van der Waals surface area contributed by atoms with E-state index in [9.17, 15) is 0 Å². The maximum Gasteiger partial charge on any atom is 0.273 e. The summed E-state index contributed by atoms with van der Waals surface area (Å²) in [6.07, 6.45) is 1.71. The quantitative estimate of drug-likeness (QED) is 0.704. The van der Waals surface area contributed by atoms with Crippen molar-refractivity contribution in [2.24, 2.45) is 0 Å². The fourth-order valence-corrected chi connectivity index (χ4v) is 2.87. The van der Waals surface area contributed by atoms with Crippen molar-refractivity contribution in [2.75, 3.05) is 7.11 Å². The normalized spacial score (nSPS) is 10.9. The number of ether oxygens (including phenoxy) is 1. The Labute approximate surface area is 119 Å². The Bertz CT molecular complexity index is 754. The third kappa shape index (κ3) is 2.17. The Morgan fingerprint density at radius 1 is 1.32 bits per heavy atom. The summed E-state index contributed by atoms with van der Waals surface area (Å²) in [5.41, 5.74) is 3.96. The molecule has 19 heavy (non-hydrogen) atoms. The van der Waals surface area contributed by atoms with Crippen LogP contribution in [0.3, 0.4) is 0 Å². The van der Waals surface area contributed by atoms with Crippen molar-refractivity contribution < 1.29 is 4.74 Å². The van der Waals surface area contributed by atoms with E-state index >= 15 is 0 Å². The number of nitrogens with zero attached hydrogens (tertiary/aromatic N) is 2. The van der Waals surface area contributed by atoms with E-state index in [-0.39, 0.29) is 0 Å². The van der Waals surface area contributed by atoms with Crippen LogP contribution in [0.15, 0.2) is 29.8 Å². The number of rotatable bonds is 2. The fourth-order valence-electron chi connectivity index (χ4n) is 2.02. The highest BCUT2D eigenvalue weighted by atomic mass is 35.5. The van der Waals surface area contributed by atoms with Gasteiger partial charge in [-0.05, 0) is 30.7 Å².